The Morgan fingerprint density at radius 3 is 2.03 bits per heavy atom. The fraction of sp³-hybridized carbons (Fsp3) is 0.423. The van der Waals surface area contributed by atoms with Crippen molar-refractivity contribution in [2.24, 2.45) is 5.41 Å². The van der Waals surface area contributed by atoms with Crippen LogP contribution in [-0.4, -0.2) is 22.5 Å². The van der Waals surface area contributed by atoms with Crippen LogP contribution in [0.2, 0.25) is 0 Å². The number of likely N-dealkylation sites (tertiary alicyclic amines) is 1. The van der Waals surface area contributed by atoms with E-state index in [1.165, 1.54) is 11.0 Å². The van der Waals surface area contributed by atoms with E-state index in [1.807, 2.05) is 0 Å². The zero-order chi connectivity index (χ0) is 28.5. The average molecular weight is 553 g/mol. The van der Waals surface area contributed by atoms with Gasteiger partial charge >= 0.3 is 24.5 Å². The highest BCUT2D eigenvalue weighted by Crippen LogP contribution is 2.48. The Kier molecular flexibility index (Phi) is 8.26. The van der Waals surface area contributed by atoms with Gasteiger partial charge in [0, 0.05) is 12.6 Å². The van der Waals surface area contributed by atoms with Crippen molar-refractivity contribution < 1.29 is 49.4 Å². The standard InChI is InChI=1S/C26H24F9NO2/c1-2-9-23(14-22(37)38)10-11-36(21(13-23)16-3-5-18(6-4-16)24(27,28)29)15-17-12-19(25(30,31)32)7-8-20(17)26(33,34)35/h2-8,12,21H,1,9-11,13-15H2,(H,37,38)/t21-,23?/m0/s1. The van der Waals surface area contributed by atoms with E-state index in [-0.39, 0.29) is 37.8 Å². The summed E-state index contributed by atoms with van der Waals surface area (Å²) in [4.78, 5) is 13.1. The number of benzene rings is 2. The number of alkyl halides is 9. The zero-order valence-electron chi connectivity index (χ0n) is 19.9. The first kappa shape index (κ1) is 29.5. The van der Waals surface area contributed by atoms with E-state index < -0.39 is 64.8 Å². The number of piperidine rings is 1. The van der Waals surface area contributed by atoms with Crippen molar-refractivity contribution in [3.8, 4) is 0 Å². The molecule has 0 spiro atoms. The van der Waals surface area contributed by atoms with Crippen LogP contribution in [0.4, 0.5) is 39.5 Å². The fourth-order valence-corrected chi connectivity index (χ4v) is 5.03. The Balaban J connectivity index is 2.08. The van der Waals surface area contributed by atoms with Gasteiger partial charge in [0.2, 0.25) is 0 Å². The second kappa shape index (κ2) is 10.6. The molecule has 1 aliphatic rings. The SMILES string of the molecule is C=CCC1(CC(=O)O)CCN(Cc2cc(C(F)(F)F)ccc2C(F)(F)F)[C@H](c2ccc(C(F)(F)F)cc2)C1. The molecule has 1 aliphatic heterocycles. The molecule has 1 saturated heterocycles. The molecule has 0 amide bonds. The number of carboxylic acid groups (broad SMARTS) is 1. The molecule has 2 atom stereocenters. The van der Waals surface area contributed by atoms with Crippen LogP contribution >= 0.6 is 0 Å². The highest BCUT2D eigenvalue weighted by atomic mass is 19.4. The number of carbonyl (C=O) groups is 1. The van der Waals surface area contributed by atoms with E-state index in [9.17, 15) is 49.4 Å². The first-order chi connectivity index (χ1) is 17.4. The van der Waals surface area contributed by atoms with Crippen molar-refractivity contribution in [2.45, 2.75) is 56.8 Å². The minimum atomic E-state index is -4.95. The van der Waals surface area contributed by atoms with Crippen molar-refractivity contribution in [3.63, 3.8) is 0 Å². The Labute approximate surface area is 212 Å². The molecule has 3 nitrogen and oxygen atoms in total. The quantitative estimate of drug-likeness (QED) is 0.278. The fourth-order valence-electron chi connectivity index (χ4n) is 5.03. The molecule has 2 aromatic rings. The van der Waals surface area contributed by atoms with Crippen molar-refractivity contribution in [1.29, 1.82) is 0 Å². The van der Waals surface area contributed by atoms with Crippen molar-refractivity contribution >= 4 is 5.97 Å². The van der Waals surface area contributed by atoms with Gasteiger partial charge in [0.25, 0.3) is 0 Å². The molecule has 3 rings (SSSR count). The van der Waals surface area contributed by atoms with Gasteiger partial charge in [0.05, 0.1) is 23.1 Å². The first-order valence-corrected chi connectivity index (χ1v) is 11.5. The molecule has 0 aliphatic carbocycles. The third kappa shape index (κ3) is 6.89. The van der Waals surface area contributed by atoms with Crippen LogP contribution in [0, 0.1) is 5.41 Å². The number of nitrogens with zero attached hydrogens (tertiary/aromatic N) is 1. The summed E-state index contributed by atoms with van der Waals surface area (Å²) in [7, 11) is 0. The number of hydrogen-bond acceptors (Lipinski definition) is 2. The summed E-state index contributed by atoms with van der Waals surface area (Å²) in [6.45, 7) is 3.06. The van der Waals surface area contributed by atoms with Crippen LogP contribution in [-0.2, 0) is 29.9 Å². The second-order valence-corrected chi connectivity index (χ2v) is 9.49. The monoisotopic (exact) mass is 553 g/mol. The summed E-state index contributed by atoms with van der Waals surface area (Å²) in [5, 5.41) is 9.47. The number of allylic oxidation sites excluding steroid dienone is 1. The van der Waals surface area contributed by atoms with Gasteiger partial charge in [-0.15, -0.1) is 6.58 Å². The molecular formula is C26H24F9NO2. The number of rotatable bonds is 7. The molecule has 38 heavy (non-hydrogen) atoms. The van der Waals surface area contributed by atoms with Gasteiger partial charge in [-0.3, -0.25) is 9.69 Å². The first-order valence-electron chi connectivity index (χ1n) is 11.5. The van der Waals surface area contributed by atoms with E-state index in [1.54, 1.807) is 0 Å². The van der Waals surface area contributed by atoms with E-state index >= 15 is 0 Å². The number of carboxylic acids is 1. The highest BCUT2D eigenvalue weighted by molar-refractivity contribution is 5.67. The third-order valence-corrected chi connectivity index (χ3v) is 6.83. The Hall–Kier alpha value is -3.02. The predicted octanol–water partition coefficient (Wildman–Crippen LogP) is 8.12. The van der Waals surface area contributed by atoms with Gasteiger partial charge in [0.15, 0.2) is 0 Å². The van der Waals surface area contributed by atoms with Crippen LogP contribution in [0.1, 0.15) is 59.5 Å². The number of hydrogen-bond donors (Lipinski definition) is 1. The second-order valence-electron chi connectivity index (χ2n) is 9.49. The highest BCUT2D eigenvalue weighted by Gasteiger charge is 2.43. The Morgan fingerprint density at radius 2 is 1.53 bits per heavy atom. The molecule has 1 fully saturated rings. The lowest BCUT2D eigenvalue weighted by atomic mass is 9.69. The van der Waals surface area contributed by atoms with Gasteiger partial charge in [-0.25, -0.2) is 0 Å². The summed E-state index contributed by atoms with van der Waals surface area (Å²) < 4.78 is 120. The zero-order valence-corrected chi connectivity index (χ0v) is 19.9. The molecule has 0 bridgehead atoms. The van der Waals surface area contributed by atoms with Crippen LogP contribution in [0.5, 0.6) is 0 Å². The lowest BCUT2D eigenvalue weighted by Gasteiger charge is -2.46. The number of halogens is 9. The maximum absolute atomic E-state index is 13.7. The minimum Gasteiger partial charge on any atom is -0.481 e. The summed E-state index contributed by atoms with van der Waals surface area (Å²) in [6.07, 6.45) is -12.9. The molecule has 12 heteroatoms. The molecule has 0 saturated carbocycles. The van der Waals surface area contributed by atoms with Crippen LogP contribution in [0.15, 0.2) is 55.1 Å². The smallest absolute Gasteiger partial charge is 0.416 e. The van der Waals surface area contributed by atoms with Crippen molar-refractivity contribution in [1.82, 2.24) is 4.90 Å². The molecule has 1 unspecified atom stereocenters. The summed E-state index contributed by atoms with van der Waals surface area (Å²) >= 11 is 0. The van der Waals surface area contributed by atoms with Crippen LogP contribution in [0.3, 0.4) is 0 Å². The largest absolute Gasteiger partial charge is 0.481 e. The maximum Gasteiger partial charge on any atom is 0.416 e. The topological polar surface area (TPSA) is 40.5 Å². The van der Waals surface area contributed by atoms with Crippen LogP contribution in [0.25, 0.3) is 0 Å². The molecule has 2 aromatic carbocycles. The molecule has 0 radical (unpaired) electrons. The molecule has 1 heterocycles. The molecular weight excluding hydrogens is 529 g/mol. The predicted molar refractivity (Wildman–Crippen MR) is 120 cm³/mol. The number of aliphatic carboxylic acids is 1. The van der Waals surface area contributed by atoms with Crippen molar-refractivity contribution in [2.75, 3.05) is 6.54 Å². The van der Waals surface area contributed by atoms with Gasteiger partial charge in [-0.05, 0) is 72.7 Å². The Bertz CT molecular complexity index is 1150. The molecule has 208 valence electrons. The van der Waals surface area contributed by atoms with Gasteiger partial charge < -0.3 is 5.11 Å². The van der Waals surface area contributed by atoms with E-state index in [0.717, 1.165) is 24.3 Å². The maximum atomic E-state index is 13.7. The molecule has 1 N–H and O–H groups in total. The van der Waals surface area contributed by atoms with Crippen molar-refractivity contribution in [3.05, 3.63) is 82.9 Å². The van der Waals surface area contributed by atoms with Gasteiger partial charge in [0.1, 0.15) is 0 Å². The van der Waals surface area contributed by atoms with Gasteiger partial charge in [-0.2, -0.15) is 39.5 Å². The van der Waals surface area contributed by atoms with E-state index in [2.05, 4.69) is 6.58 Å². The normalized spacial score (nSPS) is 21.3. The summed E-state index contributed by atoms with van der Waals surface area (Å²) in [6, 6.07) is 4.19. The van der Waals surface area contributed by atoms with E-state index in [4.69, 9.17) is 0 Å². The van der Waals surface area contributed by atoms with Crippen LogP contribution < -0.4 is 0 Å². The van der Waals surface area contributed by atoms with E-state index in [0.29, 0.717) is 18.2 Å². The summed E-state index contributed by atoms with van der Waals surface area (Å²) in [5.41, 5.74) is -4.74. The minimum absolute atomic E-state index is 0.000349. The third-order valence-electron chi connectivity index (χ3n) is 6.83. The lowest BCUT2D eigenvalue weighted by molar-refractivity contribution is -0.142. The average Bonchev–Trinajstić information content (AvgIpc) is 2.78. The van der Waals surface area contributed by atoms with Gasteiger partial charge in [-0.1, -0.05) is 18.2 Å². The molecule has 0 aromatic heterocycles. The summed E-state index contributed by atoms with van der Waals surface area (Å²) in [5.74, 6) is -1.14. The lowest BCUT2D eigenvalue weighted by Crippen LogP contribution is -2.43. The Morgan fingerprint density at radius 1 is 0.947 bits per heavy atom.